The summed E-state index contributed by atoms with van der Waals surface area (Å²) in [6.07, 6.45) is 5.25. The second-order valence-corrected chi connectivity index (χ2v) is 5.71. The molecule has 3 rings (SSSR count). The molecule has 1 saturated carbocycles. The Kier molecular flexibility index (Phi) is 2.58. The number of anilines is 1. The molecule has 0 spiro atoms. The normalized spacial score (nSPS) is 17.9. The van der Waals surface area contributed by atoms with Crippen molar-refractivity contribution in [3.05, 3.63) is 23.8 Å². The van der Waals surface area contributed by atoms with Gasteiger partial charge in [-0.25, -0.2) is 4.98 Å². The smallest absolute Gasteiger partial charge is 0.201 e. The first-order valence-electron chi connectivity index (χ1n) is 6.86. The lowest BCUT2D eigenvalue weighted by Crippen LogP contribution is -2.33. The van der Waals surface area contributed by atoms with Crippen molar-refractivity contribution in [3.8, 4) is 0 Å². The maximum absolute atomic E-state index is 6.11. The molecule has 2 N–H and O–H groups in total. The van der Waals surface area contributed by atoms with Gasteiger partial charge in [-0.3, -0.25) is 0 Å². The van der Waals surface area contributed by atoms with Gasteiger partial charge in [0.1, 0.15) is 0 Å². The van der Waals surface area contributed by atoms with Gasteiger partial charge in [-0.05, 0) is 43.2 Å². The Labute approximate surface area is 108 Å². The van der Waals surface area contributed by atoms with Gasteiger partial charge in [-0.15, -0.1) is 0 Å². The second-order valence-electron chi connectivity index (χ2n) is 5.71. The number of nitrogens with zero attached hydrogens (tertiary/aromatic N) is 2. The minimum atomic E-state index is 0.462. The summed E-state index contributed by atoms with van der Waals surface area (Å²) in [6, 6.07) is 6.24. The molecule has 0 saturated heterocycles. The number of hydrogen-bond donors (Lipinski definition) is 1. The van der Waals surface area contributed by atoms with Crippen LogP contribution in [-0.4, -0.2) is 9.55 Å². The van der Waals surface area contributed by atoms with E-state index in [4.69, 9.17) is 5.73 Å². The minimum Gasteiger partial charge on any atom is -0.369 e. The summed E-state index contributed by atoms with van der Waals surface area (Å²) in [5.41, 5.74) is 10.1. The maximum Gasteiger partial charge on any atom is 0.201 e. The molecule has 1 aliphatic carbocycles. The van der Waals surface area contributed by atoms with Crippen molar-refractivity contribution >= 4 is 17.0 Å². The molecule has 1 aromatic heterocycles. The topological polar surface area (TPSA) is 43.8 Å². The number of para-hydroxylation sites is 1. The molecule has 0 aliphatic heterocycles. The third-order valence-electron chi connectivity index (χ3n) is 4.66. The van der Waals surface area contributed by atoms with Gasteiger partial charge in [0.2, 0.25) is 5.95 Å². The summed E-state index contributed by atoms with van der Waals surface area (Å²) in [5, 5.41) is 0. The van der Waals surface area contributed by atoms with E-state index in [2.05, 4.69) is 35.5 Å². The van der Waals surface area contributed by atoms with Crippen molar-refractivity contribution in [3.63, 3.8) is 0 Å². The van der Waals surface area contributed by atoms with E-state index in [1.165, 1.54) is 36.8 Å². The van der Waals surface area contributed by atoms with Gasteiger partial charge < -0.3 is 10.3 Å². The van der Waals surface area contributed by atoms with E-state index in [-0.39, 0.29) is 0 Å². The van der Waals surface area contributed by atoms with Gasteiger partial charge in [0.05, 0.1) is 11.0 Å². The summed E-state index contributed by atoms with van der Waals surface area (Å²) >= 11 is 0. The van der Waals surface area contributed by atoms with Crippen molar-refractivity contribution in [1.82, 2.24) is 9.55 Å². The molecular weight excluding hydrogens is 222 g/mol. The Morgan fingerprint density at radius 2 is 2.17 bits per heavy atom. The molecule has 18 heavy (non-hydrogen) atoms. The largest absolute Gasteiger partial charge is 0.369 e. The highest BCUT2D eigenvalue weighted by molar-refractivity contribution is 5.81. The number of rotatable bonds is 3. The molecule has 1 fully saturated rings. The molecule has 1 heterocycles. The quantitative estimate of drug-likeness (QED) is 0.896. The minimum absolute atomic E-state index is 0.462. The number of aryl methyl sites for hydroxylation is 1. The fourth-order valence-electron chi connectivity index (χ4n) is 3.18. The number of aromatic nitrogens is 2. The highest BCUT2D eigenvalue weighted by Gasteiger charge is 2.36. The molecule has 0 unspecified atom stereocenters. The van der Waals surface area contributed by atoms with Gasteiger partial charge in [0.15, 0.2) is 0 Å². The van der Waals surface area contributed by atoms with Crippen LogP contribution in [0.25, 0.3) is 11.0 Å². The van der Waals surface area contributed by atoms with Crippen LogP contribution in [0.4, 0.5) is 5.95 Å². The molecular formula is C15H21N3. The molecule has 3 nitrogen and oxygen atoms in total. The number of benzene rings is 1. The van der Waals surface area contributed by atoms with Crippen LogP contribution in [0.3, 0.4) is 0 Å². The van der Waals surface area contributed by atoms with E-state index in [1.54, 1.807) is 0 Å². The van der Waals surface area contributed by atoms with E-state index >= 15 is 0 Å². The van der Waals surface area contributed by atoms with Gasteiger partial charge in [-0.2, -0.15) is 0 Å². The van der Waals surface area contributed by atoms with Gasteiger partial charge >= 0.3 is 0 Å². The number of fused-ring (bicyclic) bond motifs is 1. The number of nitrogen functional groups attached to an aromatic ring is 1. The highest BCUT2D eigenvalue weighted by Crippen LogP contribution is 2.46. The van der Waals surface area contributed by atoms with Crippen molar-refractivity contribution < 1.29 is 0 Å². The van der Waals surface area contributed by atoms with Crippen molar-refractivity contribution in [1.29, 1.82) is 0 Å². The predicted molar refractivity (Wildman–Crippen MR) is 75.5 cm³/mol. The molecule has 0 radical (unpaired) electrons. The molecule has 0 bridgehead atoms. The van der Waals surface area contributed by atoms with Crippen LogP contribution in [0.2, 0.25) is 0 Å². The monoisotopic (exact) mass is 243 g/mol. The Balaban J connectivity index is 2.08. The van der Waals surface area contributed by atoms with Crippen molar-refractivity contribution in [2.24, 2.45) is 5.41 Å². The summed E-state index contributed by atoms with van der Waals surface area (Å²) in [7, 11) is 0. The predicted octanol–water partition coefficient (Wildman–Crippen LogP) is 3.51. The third-order valence-corrected chi connectivity index (χ3v) is 4.66. The van der Waals surface area contributed by atoms with E-state index < -0.39 is 0 Å². The van der Waals surface area contributed by atoms with Gasteiger partial charge in [-0.1, -0.05) is 25.5 Å². The van der Waals surface area contributed by atoms with E-state index in [0.717, 1.165) is 12.1 Å². The number of hydrogen-bond acceptors (Lipinski definition) is 2. The SMILES string of the molecule is CCC1(Cn2c(N)nc3cccc(C)c32)CCC1. The van der Waals surface area contributed by atoms with E-state index in [1.807, 2.05) is 6.07 Å². The van der Waals surface area contributed by atoms with E-state index in [9.17, 15) is 0 Å². The van der Waals surface area contributed by atoms with Crippen LogP contribution in [0.1, 0.15) is 38.2 Å². The fraction of sp³-hybridized carbons (Fsp3) is 0.533. The van der Waals surface area contributed by atoms with Gasteiger partial charge in [0.25, 0.3) is 0 Å². The molecule has 2 aromatic rings. The van der Waals surface area contributed by atoms with Crippen LogP contribution in [-0.2, 0) is 6.54 Å². The molecule has 1 aliphatic rings. The highest BCUT2D eigenvalue weighted by atomic mass is 15.2. The molecule has 0 atom stereocenters. The zero-order valence-corrected chi connectivity index (χ0v) is 11.2. The summed E-state index contributed by atoms with van der Waals surface area (Å²) < 4.78 is 2.23. The number of imidazole rings is 1. The standard InChI is InChI=1S/C15H21N3/c1-3-15(8-5-9-15)10-18-13-11(2)6-4-7-12(13)17-14(18)16/h4,6-7H,3,5,8-10H2,1-2H3,(H2,16,17). The van der Waals surface area contributed by atoms with Crippen LogP contribution >= 0.6 is 0 Å². The van der Waals surface area contributed by atoms with Crippen molar-refractivity contribution in [2.45, 2.75) is 46.1 Å². The zero-order chi connectivity index (χ0) is 12.8. The molecule has 0 amide bonds. The second kappa shape index (κ2) is 4.01. The van der Waals surface area contributed by atoms with Gasteiger partial charge in [0, 0.05) is 6.54 Å². The van der Waals surface area contributed by atoms with Crippen molar-refractivity contribution in [2.75, 3.05) is 5.73 Å². The summed E-state index contributed by atoms with van der Waals surface area (Å²) in [5.74, 6) is 0.666. The van der Waals surface area contributed by atoms with Crippen LogP contribution in [0.15, 0.2) is 18.2 Å². The van der Waals surface area contributed by atoms with Crippen LogP contribution < -0.4 is 5.73 Å². The maximum atomic E-state index is 6.11. The Morgan fingerprint density at radius 3 is 2.78 bits per heavy atom. The Hall–Kier alpha value is -1.51. The first-order valence-corrected chi connectivity index (χ1v) is 6.86. The summed E-state index contributed by atoms with van der Waals surface area (Å²) in [4.78, 5) is 4.49. The van der Waals surface area contributed by atoms with Crippen LogP contribution in [0, 0.1) is 12.3 Å². The van der Waals surface area contributed by atoms with Crippen LogP contribution in [0.5, 0.6) is 0 Å². The Morgan fingerprint density at radius 1 is 1.39 bits per heavy atom. The third kappa shape index (κ3) is 1.61. The fourth-order valence-corrected chi connectivity index (χ4v) is 3.18. The lowest BCUT2D eigenvalue weighted by atomic mass is 9.67. The lowest BCUT2D eigenvalue weighted by Gasteiger charge is -2.41. The molecule has 3 heteroatoms. The first kappa shape index (κ1) is 11.6. The zero-order valence-electron chi connectivity index (χ0n) is 11.2. The number of nitrogens with two attached hydrogens (primary N) is 1. The Bertz CT molecular complexity index is 573. The first-order chi connectivity index (χ1) is 8.65. The average Bonchev–Trinajstić information content (AvgIpc) is 2.61. The summed E-state index contributed by atoms with van der Waals surface area (Å²) in [6.45, 7) is 5.46. The molecule has 1 aromatic carbocycles. The average molecular weight is 243 g/mol. The van der Waals surface area contributed by atoms with E-state index in [0.29, 0.717) is 11.4 Å². The molecule has 96 valence electrons. The lowest BCUT2D eigenvalue weighted by molar-refractivity contribution is 0.103.